The summed E-state index contributed by atoms with van der Waals surface area (Å²) in [5.41, 5.74) is 5.52. The molecule has 0 aromatic heterocycles. The molecule has 28 heavy (non-hydrogen) atoms. The monoisotopic (exact) mass is 397 g/mol. The van der Waals surface area contributed by atoms with Gasteiger partial charge in [-0.05, 0) is 61.7 Å². The third-order valence-electron chi connectivity index (χ3n) is 4.98. The van der Waals surface area contributed by atoms with E-state index in [1.807, 2.05) is 31.2 Å². The third-order valence-corrected chi connectivity index (χ3v) is 5.23. The zero-order valence-corrected chi connectivity index (χ0v) is 16.6. The summed E-state index contributed by atoms with van der Waals surface area (Å²) in [5.74, 6) is -0.115. The molecule has 0 radical (unpaired) electrons. The maximum Gasteiger partial charge on any atom is 0.255 e. The van der Waals surface area contributed by atoms with Crippen molar-refractivity contribution in [1.82, 2.24) is 5.43 Å². The van der Waals surface area contributed by atoms with Gasteiger partial charge in [0, 0.05) is 22.2 Å². The van der Waals surface area contributed by atoms with Crippen molar-refractivity contribution in [2.45, 2.75) is 39.0 Å². The maximum atomic E-state index is 12.2. The van der Waals surface area contributed by atoms with Crippen molar-refractivity contribution in [3.63, 3.8) is 0 Å². The molecule has 1 aliphatic rings. The molecule has 2 aromatic carbocycles. The average Bonchev–Trinajstić information content (AvgIpc) is 2.73. The molecule has 0 heterocycles. The van der Waals surface area contributed by atoms with Crippen LogP contribution in [-0.4, -0.2) is 17.5 Å². The van der Waals surface area contributed by atoms with Crippen molar-refractivity contribution in [3.8, 4) is 0 Å². The molecule has 3 rings (SSSR count). The number of nitrogens with zero attached hydrogens (tertiary/aromatic N) is 1. The van der Waals surface area contributed by atoms with E-state index in [2.05, 4.69) is 15.8 Å². The minimum Gasteiger partial charge on any atom is -0.322 e. The SMILES string of the molecule is CC(=NNC(=O)C1CCCCC1)c1ccc(NC(=O)c2ccc(Cl)cc2)cc1. The van der Waals surface area contributed by atoms with E-state index in [1.165, 1.54) is 6.42 Å². The van der Waals surface area contributed by atoms with Crippen molar-refractivity contribution in [1.29, 1.82) is 0 Å². The lowest BCUT2D eigenvalue weighted by molar-refractivity contribution is -0.125. The molecule has 0 spiro atoms. The van der Waals surface area contributed by atoms with Crippen LogP contribution in [0.25, 0.3) is 0 Å². The highest BCUT2D eigenvalue weighted by molar-refractivity contribution is 6.30. The molecule has 1 fully saturated rings. The third kappa shape index (κ3) is 5.42. The van der Waals surface area contributed by atoms with E-state index >= 15 is 0 Å². The zero-order valence-electron chi connectivity index (χ0n) is 15.9. The Kier molecular flexibility index (Phi) is 6.82. The van der Waals surface area contributed by atoms with Crippen LogP contribution in [0.5, 0.6) is 0 Å². The smallest absolute Gasteiger partial charge is 0.255 e. The van der Waals surface area contributed by atoms with Crippen molar-refractivity contribution in [2.75, 3.05) is 5.32 Å². The van der Waals surface area contributed by atoms with Gasteiger partial charge in [0.2, 0.25) is 5.91 Å². The van der Waals surface area contributed by atoms with Crippen LogP contribution in [-0.2, 0) is 4.79 Å². The van der Waals surface area contributed by atoms with Crippen LogP contribution in [0.1, 0.15) is 54.9 Å². The molecule has 2 N–H and O–H groups in total. The van der Waals surface area contributed by atoms with Gasteiger partial charge in [0.25, 0.3) is 5.91 Å². The summed E-state index contributed by atoms with van der Waals surface area (Å²) in [5, 5.41) is 7.67. The van der Waals surface area contributed by atoms with Crippen molar-refractivity contribution >= 4 is 34.8 Å². The van der Waals surface area contributed by atoms with Crippen molar-refractivity contribution in [2.24, 2.45) is 11.0 Å². The average molecular weight is 398 g/mol. The van der Waals surface area contributed by atoms with Gasteiger partial charge in [-0.2, -0.15) is 5.10 Å². The van der Waals surface area contributed by atoms with E-state index < -0.39 is 0 Å². The minimum atomic E-state index is -0.199. The van der Waals surface area contributed by atoms with Crippen LogP contribution in [0, 0.1) is 5.92 Å². The second-order valence-corrected chi connectivity index (χ2v) is 7.48. The highest BCUT2D eigenvalue weighted by Crippen LogP contribution is 2.23. The van der Waals surface area contributed by atoms with Crippen LogP contribution >= 0.6 is 11.6 Å². The number of carbonyl (C=O) groups is 2. The Hall–Kier alpha value is -2.66. The van der Waals surface area contributed by atoms with E-state index in [4.69, 9.17) is 11.6 Å². The Bertz CT molecular complexity index is 854. The number of nitrogens with one attached hydrogen (secondary N) is 2. The Morgan fingerprint density at radius 2 is 1.54 bits per heavy atom. The van der Waals surface area contributed by atoms with E-state index in [9.17, 15) is 9.59 Å². The van der Waals surface area contributed by atoms with Crippen molar-refractivity contribution < 1.29 is 9.59 Å². The fourth-order valence-corrected chi connectivity index (χ4v) is 3.38. The van der Waals surface area contributed by atoms with E-state index in [1.54, 1.807) is 24.3 Å². The van der Waals surface area contributed by atoms with E-state index in [-0.39, 0.29) is 17.7 Å². The first-order valence-corrected chi connectivity index (χ1v) is 9.92. The van der Waals surface area contributed by atoms with E-state index in [0.717, 1.165) is 37.0 Å². The Labute approximate surface area is 170 Å². The number of hydrazone groups is 1. The second kappa shape index (κ2) is 9.51. The summed E-state index contributed by atoms with van der Waals surface area (Å²) in [4.78, 5) is 24.4. The topological polar surface area (TPSA) is 70.6 Å². The predicted octanol–water partition coefficient (Wildman–Crippen LogP) is 5.01. The highest BCUT2D eigenvalue weighted by atomic mass is 35.5. The Morgan fingerprint density at radius 1 is 0.929 bits per heavy atom. The van der Waals surface area contributed by atoms with Crippen LogP contribution < -0.4 is 10.7 Å². The lowest BCUT2D eigenvalue weighted by Gasteiger charge is -2.19. The van der Waals surface area contributed by atoms with Crippen LogP contribution in [0.4, 0.5) is 5.69 Å². The quantitative estimate of drug-likeness (QED) is 0.549. The number of amides is 2. The first-order valence-electron chi connectivity index (χ1n) is 9.54. The van der Waals surface area contributed by atoms with E-state index in [0.29, 0.717) is 16.3 Å². The lowest BCUT2D eigenvalue weighted by Crippen LogP contribution is -2.29. The maximum absolute atomic E-state index is 12.2. The van der Waals surface area contributed by atoms with Gasteiger partial charge in [-0.3, -0.25) is 9.59 Å². The molecular formula is C22H24ClN3O2. The number of halogens is 1. The fourth-order valence-electron chi connectivity index (χ4n) is 3.26. The van der Waals surface area contributed by atoms with Gasteiger partial charge in [0.15, 0.2) is 0 Å². The summed E-state index contributed by atoms with van der Waals surface area (Å²) in [6, 6.07) is 14.1. The first-order chi connectivity index (χ1) is 13.5. The highest BCUT2D eigenvalue weighted by Gasteiger charge is 2.20. The van der Waals surface area contributed by atoms with Gasteiger partial charge in [-0.15, -0.1) is 0 Å². The minimum absolute atomic E-state index is 0.00546. The molecule has 0 saturated heterocycles. The standard InChI is InChI=1S/C22H24ClN3O2/c1-15(25-26-22(28)17-5-3-2-4-6-17)16-9-13-20(14-10-16)24-21(27)18-7-11-19(23)12-8-18/h7-14,17H,2-6H2,1H3,(H,24,27)(H,26,28). The molecule has 5 nitrogen and oxygen atoms in total. The summed E-state index contributed by atoms with van der Waals surface area (Å²) in [7, 11) is 0. The number of anilines is 1. The Balaban J connectivity index is 1.57. The van der Waals surface area contributed by atoms with Crippen LogP contribution in [0.2, 0.25) is 5.02 Å². The number of rotatable bonds is 5. The fraction of sp³-hybridized carbons (Fsp3) is 0.318. The predicted molar refractivity (Wildman–Crippen MR) is 113 cm³/mol. The molecule has 2 aromatic rings. The zero-order chi connectivity index (χ0) is 19.9. The second-order valence-electron chi connectivity index (χ2n) is 7.05. The number of benzene rings is 2. The molecule has 6 heteroatoms. The Morgan fingerprint density at radius 3 is 2.18 bits per heavy atom. The van der Waals surface area contributed by atoms with Gasteiger partial charge >= 0.3 is 0 Å². The van der Waals surface area contributed by atoms with Gasteiger partial charge < -0.3 is 5.32 Å². The number of hydrogen-bond donors (Lipinski definition) is 2. The van der Waals surface area contributed by atoms with Crippen molar-refractivity contribution in [3.05, 3.63) is 64.7 Å². The van der Waals surface area contributed by atoms with Crippen LogP contribution in [0.15, 0.2) is 53.6 Å². The largest absolute Gasteiger partial charge is 0.322 e. The molecule has 0 atom stereocenters. The summed E-state index contributed by atoms with van der Waals surface area (Å²) in [6.07, 6.45) is 5.34. The number of carbonyl (C=O) groups excluding carboxylic acids is 2. The molecule has 0 bridgehead atoms. The number of hydrogen-bond acceptors (Lipinski definition) is 3. The summed E-state index contributed by atoms with van der Waals surface area (Å²) in [6.45, 7) is 1.85. The van der Waals surface area contributed by atoms with Gasteiger partial charge in [-0.25, -0.2) is 5.43 Å². The molecule has 0 unspecified atom stereocenters. The van der Waals surface area contributed by atoms with Gasteiger partial charge in [-0.1, -0.05) is 43.0 Å². The summed E-state index contributed by atoms with van der Waals surface area (Å²) >= 11 is 5.84. The molecule has 2 amide bonds. The molecule has 1 aliphatic carbocycles. The first kappa shape index (κ1) is 20.1. The van der Waals surface area contributed by atoms with Crippen LogP contribution in [0.3, 0.4) is 0 Å². The molecule has 0 aliphatic heterocycles. The van der Waals surface area contributed by atoms with Gasteiger partial charge in [0.05, 0.1) is 5.71 Å². The normalized spacial score (nSPS) is 15.1. The van der Waals surface area contributed by atoms with Gasteiger partial charge in [0.1, 0.15) is 0 Å². The molecular weight excluding hydrogens is 374 g/mol. The lowest BCUT2D eigenvalue weighted by atomic mass is 9.89. The summed E-state index contributed by atoms with van der Waals surface area (Å²) < 4.78 is 0. The molecule has 1 saturated carbocycles. The molecule has 146 valence electrons.